The second-order valence-electron chi connectivity index (χ2n) is 3.23. The molecule has 0 aliphatic rings. The molecule has 0 unspecified atom stereocenters. The van der Waals surface area contributed by atoms with Crippen LogP contribution >= 0.6 is 11.6 Å². The Morgan fingerprint density at radius 2 is 2.07 bits per heavy atom. The summed E-state index contributed by atoms with van der Waals surface area (Å²) in [6, 6.07) is 1.52. The van der Waals surface area contributed by atoms with Crippen molar-refractivity contribution in [3.63, 3.8) is 0 Å². The van der Waals surface area contributed by atoms with Crippen LogP contribution in [0.4, 0.5) is 5.82 Å². The van der Waals surface area contributed by atoms with Gasteiger partial charge in [0.15, 0.2) is 0 Å². The Kier molecular flexibility index (Phi) is 3.62. The van der Waals surface area contributed by atoms with E-state index >= 15 is 0 Å². The highest BCUT2D eigenvalue weighted by atomic mass is 35.5. The molecule has 14 heavy (non-hydrogen) atoms. The first-order valence-electron chi connectivity index (χ1n) is 4.07. The van der Waals surface area contributed by atoms with Crippen LogP contribution in [0, 0.1) is 0 Å². The van der Waals surface area contributed by atoms with Crippen molar-refractivity contribution >= 4 is 17.4 Å². The van der Waals surface area contributed by atoms with Gasteiger partial charge in [0.25, 0.3) is 0 Å². The lowest BCUT2D eigenvalue weighted by Crippen LogP contribution is -2.42. The van der Waals surface area contributed by atoms with Gasteiger partial charge in [-0.1, -0.05) is 11.6 Å². The fourth-order valence-electron chi connectivity index (χ4n) is 0.840. The number of nitrogens with one attached hydrogen (secondary N) is 1. The summed E-state index contributed by atoms with van der Waals surface area (Å²) < 4.78 is 0. The van der Waals surface area contributed by atoms with Crippen LogP contribution in [0.25, 0.3) is 0 Å². The molecule has 1 rings (SSSR count). The zero-order valence-corrected chi connectivity index (χ0v) is 8.49. The molecule has 0 atom stereocenters. The molecule has 0 radical (unpaired) electrons. The Morgan fingerprint density at radius 1 is 1.43 bits per heavy atom. The first-order chi connectivity index (χ1) is 6.59. The molecule has 78 valence electrons. The van der Waals surface area contributed by atoms with E-state index < -0.39 is 5.54 Å². The topological polar surface area (TPSA) is 78.3 Å². The van der Waals surface area contributed by atoms with Gasteiger partial charge in [-0.25, -0.2) is 9.97 Å². The fourth-order valence-corrected chi connectivity index (χ4v) is 0.987. The molecule has 0 spiro atoms. The van der Waals surface area contributed by atoms with Crippen LogP contribution in [0.2, 0.25) is 5.15 Å². The van der Waals surface area contributed by atoms with E-state index in [0.717, 1.165) is 0 Å². The lowest BCUT2D eigenvalue weighted by Gasteiger charge is -2.26. The molecule has 3 N–H and O–H groups in total. The van der Waals surface area contributed by atoms with Gasteiger partial charge in [-0.15, -0.1) is 0 Å². The Balaban J connectivity index is 2.77. The van der Waals surface area contributed by atoms with Gasteiger partial charge in [0.1, 0.15) is 17.3 Å². The molecule has 0 amide bonds. The smallest absolute Gasteiger partial charge is 0.134 e. The normalized spacial score (nSPS) is 11.4. The summed E-state index contributed by atoms with van der Waals surface area (Å²) in [7, 11) is 0. The lowest BCUT2D eigenvalue weighted by atomic mass is 10.1. The first-order valence-corrected chi connectivity index (χ1v) is 4.45. The molecule has 1 aromatic rings. The van der Waals surface area contributed by atoms with Crippen molar-refractivity contribution in [2.24, 2.45) is 0 Å². The third kappa shape index (κ3) is 2.80. The van der Waals surface area contributed by atoms with Gasteiger partial charge in [0.05, 0.1) is 18.8 Å². The summed E-state index contributed by atoms with van der Waals surface area (Å²) in [5.41, 5.74) is -0.808. The fraction of sp³-hybridized carbons (Fsp3) is 0.500. The number of hydrogen-bond acceptors (Lipinski definition) is 5. The Hall–Kier alpha value is -0.910. The number of anilines is 1. The highest BCUT2D eigenvalue weighted by Gasteiger charge is 2.22. The van der Waals surface area contributed by atoms with Gasteiger partial charge in [-0.2, -0.15) is 0 Å². The molecule has 1 aromatic heterocycles. The van der Waals surface area contributed by atoms with Crippen LogP contribution in [0.15, 0.2) is 12.4 Å². The average molecular weight is 218 g/mol. The molecule has 0 saturated carbocycles. The van der Waals surface area contributed by atoms with Gasteiger partial charge < -0.3 is 15.5 Å². The standard InChI is InChI=1S/C8H12ClN3O2/c1-8(3-13,4-14)12-7-2-6(9)10-5-11-7/h2,5,13-14H,3-4H2,1H3,(H,10,11,12). The van der Waals surface area contributed by atoms with Gasteiger partial charge in [-0.3, -0.25) is 0 Å². The molecular weight excluding hydrogens is 206 g/mol. The van der Waals surface area contributed by atoms with Crippen molar-refractivity contribution in [2.45, 2.75) is 12.5 Å². The highest BCUT2D eigenvalue weighted by Crippen LogP contribution is 2.14. The van der Waals surface area contributed by atoms with Crippen LogP contribution in [0.3, 0.4) is 0 Å². The summed E-state index contributed by atoms with van der Waals surface area (Å²) in [6.07, 6.45) is 1.31. The minimum Gasteiger partial charge on any atom is -0.394 e. The van der Waals surface area contributed by atoms with Crippen molar-refractivity contribution in [2.75, 3.05) is 18.5 Å². The van der Waals surface area contributed by atoms with E-state index in [1.165, 1.54) is 12.4 Å². The highest BCUT2D eigenvalue weighted by molar-refractivity contribution is 6.29. The third-order valence-corrected chi connectivity index (χ3v) is 1.97. The number of aliphatic hydroxyl groups is 2. The van der Waals surface area contributed by atoms with Crippen molar-refractivity contribution < 1.29 is 10.2 Å². The van der Waals surface area contributed by atoms with Gasteiger partial charge in [0.2, 0.25) is 0 Å². The largest absolute Gasteiger partial charge is 0.394 e. The molecule has 0 aliphatic carbocycles. The molecule has 0 saturated heterocycles. The van der Waals surface area contributed by atoms with E-state index in [1.807, 2.05) is 0 Å². The van der Waals surface area contributed by atoms with Crippen molar-refractivity contribution in [1.29, 1.82) is 0 Å². The minimum atomic E-state index is -0.808. The Bertz CT molecular complexity index is 304. The number of hydrogen-bond donors (Lipinski definition) is 3. The average Bonchev–Trinajstić information content (AvgIpc) is 2.18. The van der Waals surface area contributed by atoms with Crippen LogP contribution in [0.5, 0.6) is 0 Å². The second kappa shape index (κ2) is 4.54. The zero-order valence-electron chi connectivity index (χ0n) is 7.74. The summed E-state index contributed by atoms with van der Waals surface area (Å²) in [5.74, 6) is 0.468. The molecule has 0 bridgehead atoms. The maximum atomic E-state index is 9.02. The Labute approximate surface area is 86.8 Å². The van der Waals surface area contributed by atoms with Gasteiger partial charge >= 0.3 is 0 Å². The molecule has 1 heterocycles. The molecule has 0 aromatic carbocycles. The lowest BCUT2D eigenvalue weighted by molar-refractivity contribution is 0.147. The predicted molar refractivity (Wildman–Crippen MR) is 53.2 cm³/mol. The maximum absolute atomic E-state index is 9.02. The zero-order chi connectivity index (χ0) is 10.6. The van der Waals surface area contributed by atoms with Crippen LogP contribution in [-0.4, -0.2) is 38.9 Å². The van der Waals surface area contributed by atoms with E-state index in [-0.39, 0.29) is 13.2 Å². The van der Waals surface area contributed by atoms with Gasteiger partial charge in [-0.05, 0) is 6.92 Å². The van der Waals surface area contributed by atoms with Crippen molar-refractivity contribution in [1.82, 2.24) is 9.97 Å². The van der Waals surface area contributed by atoms with Crippen LogP contribution < -0.4 is 5.32 Å². The third-order valence-electron chi connectivity index (χ3n) is 1.76. The molecule has 6 heteroatoms. The number of rotatable bonds is 4. The van der Waals surface area contributed by atoms with E-state index in [4.69, 9.17) is 21.8 Å². The minimum absolute atomic E-state index is 0.203. The molecular formula is C8H12ClN3O2. The first kappa shape index (κ1) is 11.2. The molecule has 5 nitrogen and oxygen atoms in total. The number of aliphatic hydroxyl groups excluding tert-OH is 2. The summed E-state index contributed by atoms with van der Waals surface area (Å²) in [5, 5.41) is 21.2. The molecule has 0 fully saturated rings. The summed E-state index contributed by atoms with van der Waals surface area (Å²) in [6.45, 7) is 1.26. The van der Waals surface area contributed by atoms with E-state index in [2.05, 4.69) is 15.3 Å². The van der Waals surface area contributed by atoms with Crippen molar-refractivity contribution in [3.8, 4) is 0 Å². The Morgan fingerprint density at radius 3 is 2.57 bits per heavy atom. The number of nitrogens with zero attached hydrogens (tertiary/aromatic N) is 2. The quantitative estimate of drug-likeness (QED) is 0.632. The maximum Gasteiger partial charge on any atom is 0.134 e. The number of halogens is 1. The van der Waals surface area contributed by atoms with Crippen LogP contribution in [-0.2, 0) is 0 Å². The van der Waals surface area contributed by atoms with E-state index in [9.17, 15) is 0 Å². The molecule has 0 aliphatic heterocycles. The predicted octanol–water partition coefficient (Wildman–Crippen LogP) is 0.285. The summed E-state index contributed by atoms with van der Waals surface area (Å²) in [4.78, 5) is 7.60. The van der Waals surface area contributed by atoms with Crippen LogP contribution in [0.1, 0.15) is 6.92 Å². The van der Waals surface area contributed by atoms with Gasteiger partial charge in [0, 0.05) is 6.07 Å². The van der Waals surface area contributed by atoms with E-state index in [1.54, 1.807) is 6.92 Å². The monoisotopic (exact) mass is 217 g/mol. The number of aromatic nitrogens is 2. The summed E-state index contributed by atoms with van der Waals surface area (Å²) >= 11 is 5.64. The van der Waals surface area contributed by atoms with Crippen molar-refractivity contribution in [3.05, 3.63) is 17.5 Å². The second-order valence-corrected chi connectivity index (χ2v) is 3.62. The SMILES string of the molecule is CC(CO)(CO)Nc1cc(Cl)ncn1. The van der Waals surface area contributed by atoms with E-state index in [0.29, 0.717) is 11.0 Å².